The summed E-state index contributed by atoms with van der Waals surface area (Å²) in [5.41, 5.74) is 4.61. The van der Waals surface area contributed by atoms with Crippen molar-refractivity contribution >= 4 is 21.9 Å². The normalized spacial score (nSPS) is 15.2. The first-order chi connectivity index (χ1) is 11.2. The Morgan fingerprint density at radius 3 is 2.74 bits per heavy atom. The number of rotatable bonds is 0. The van der Waals surface area contributed by atoms with E-state index in [2.05, 4.69) is 33.4 Å². The molecular weight excluding hydrogens is 288 g/mol. The summed E-state index contributed by atoms with van der Waals surface area (Å²) in [6.07, 6.45) is 9.15. The van der Waals surface area contributed by atoms with Gasteiger partial charge in [-0.05, 0) is 26.0 Å². The van der Waals surface area contributed by atoms with Crippen molar-refractivity contribution in [2.75, 3.05) is 0 Å². The molecule has 23 heavy (non-hydrogen) atoms. The Hall–Kier alpha value is -2.95. The summed E-state index contributed by atoms with van der Waals surface area (Å²) < 4.78 is 8.56. The van der Waals surface area contributed by atoms with Crippen LogP contribution in [-0.2, 0) is 5.60 Å². The largest absolute Gasteiger partial charge is 0.481 e. The first kappa shape index (κ1) is 12.6. The second-order valence-corrected chi connectivity index (χ2v) is 6.24. The van der Waals surface area contributed by atoms with Crippen molar-refractivity contribution in [3.05, 3.63) is 54.7 Å². The molecule has 0 N–H and O–H groups in total. The van der Waals surface area contributed by atoms with Crippen molar-refractivity contribution in [1.82, 2.24) is 19.5 Å². The van der Waals surface area contributed by atoms with Crippen molar-refractivity contribution in [1.29, 1.82) is 0 Å². The molecule has 5 rings (SSSR count). The lowest BCUT2D eigenvalue weighted by molar-refractivity contribution is 0.112. The molecule has 0 radical (unpaired) electrons. The van der Waals surface area contributed by atoms with Crippen LogP contribution in [-0.4, -0.2) is 19.5 Å². The number of nitrogens with zero attached hydrogens (tertiary/aromatic N) is 4. The minimum atomic E-state index is -0.476. The SMILES string of the molecule is CC1(C)Oc2ccnc3c4cnccc4n(c23)-c2ccncc21. The molecule has 5 heterocycles. The fourth-order valence-corrected chi connectivity index (χ4v) is 3.44. The van der Waals surface area contributed by atoms with E-state index in [1.165, 1.54) is 0 Å². The van der Waals surface area contributed by atoms with Gasteiger partial charge in [0.05, 0.1) is 11.2 Å². The van der Waals surface area contributed by atoms with E-state index < -0.39 is 5.60 Å². The lowest BCUT2D eigenvalue weighted by Crippen LogP contribution is -2.25. The van der Waals surface area contributed by atoms with Crippen LogP contribution in [0.5, 0.6) is 5.75 Å². The number of fused-ring (bicyclic) bond motifs is 5. The van der Waals surface area contributed by atoms with E-state index >= 15 is 0 Å². The van der Waals surface area contributed by atoms with Gasteiger partial charge in [0.1, 0.15) is 22.4 Å². The number of hydrogen-bond donors (Lipinski definition) is 0. The van der Waals surface area contributed by atoms with Crippen molar-refractivity contribution in [2.45, 2.75) is 19.4 Å². The lowest BCUT2D eigenvalue weighted by Gasteiger charge is -2.26. The highest BCUT2D eigenvalue weighted by Crippen LogP contribution is 2.43. The third-order valence-corrected chi connectivity index (χ3v) is 4.46. The Bertz CT molecular complexity index is 1080. The van der Waals surface area contributed by atoms with Crippen LogP contribution < -0.4 is 4.74 Å². The van der Waals surface area contributed by atoms with Crippen molar-refractivity contribution in [2.24, 2.45) is 0 Å². The number of ether oxygens (including phenoxy) is 1. The van der Waals surface area contributed by atoms with E-state index in [0.717, 1.165) is 38.9 Å². The molecule has 0 spiro atoms. The summed E-state index contributed by atoms with van der Waals surface area (Å²) in [5, 5.41) is 1.02. The Labute approximate surface area is 132 Å². The van der Waals surface area contributed by atoms with Crippen molar-refractivity contribution < 1.29 is 4.74 Å². The maximum absolute atomic E-state index is 6.35. The van der Waals surface area contributed by atoms with Gasteiger partial charge in [-0.2, -0.15) is 0 Å². The first-order valence-electron chi connectivity index (χ1n) is 7.54. The van der Waals surface area contributed by atoms with E-state index in [1.54, 1.807) is 6.20 Å². The van der Waals surface area contributed by atoms with Gasteiger partial charge >= 0.3 is 0 Å². The quantitative estimate of drug-likeness (QED) is 0.498. The summed E-state index contributed by atoms with van der Waals surface area (Å²) in [4.78, 5) is 13.1. The van der Waals surface area contributed by atoms with Crippen LogP contribution in [0.15, 0.2) is 49.2 Å². The lowest BCUT2D eigenvalue weighted by atomic mass is 9.98. The molecule has 1 aliphatic rings. The topological polar surface area (TPSA) is 52.8 Å². The molecular formula is C18H14N4O. The Balaban J connectivity index is 2.08. The Kier molecular flexibility index (Phi) is 2.23. The zero-order valence-corrected chi connectivity index (χ0v) is 12.8. The summed E-state index contributed by atoms with van der Waals surface area (Å²) in [5.74, 6) is 0.826. The molecule has 0 fully saturated rings. The molecule has 0 amide bonds. The molecule has 5 nitrogen and oxygen atoms in total. The molecule has 5 heteroatoms. The second-order valence-electron chi connectivity index (χ2n) is 6.24. The highest BCUT2D eigenvalue weighted by atomic mass is 16.5. The van der Waals surface area contributed by atoms with Crippen molar-refractivity contribution in [3.8, 4) is 11.4 Å². The van der Waals surface area contributed by atoms with Gasteiger partial charge in [-0.3, -0.25) is 15.0 Å². The van der Waals surface area contributed by atoms with Crippen LogP contribution in [0, 0.1) is 0 Å². The summed E-state index contributed by atoms with van der Waals surface area (Å²) in [7, 11) is 0. The minimum absolute atomic E-state index is 0.476. The molecule has 0 aromatic carbocycles. The molecule has 0 unspecified atom stereocenters. The van der Waals surface area contributed by atoms with Crippen LogP contribution in [0.4, 0.5) is 0 Å². The monoisotopic (exact) mass is 302 g/mol. The minimum Gasteiger partial charge on any atom is -0.481 e. The molecule has 4 aromatic heterocycles. The Morgan fingerprint density at radius 2 is 1.83 bits per heavy atom. The average molecular weight is 302 g/mol. The maximum Gasteiger partial charge on any atom is 0.148 e. The van der Waals surface area contributed by atoms with Gasteiger partial charge in [-0.1, -0.05) is 0 Å². The predicted molar refractivity (Wildman–Crippen MR) is 87.8 cm³/mol. The molecule has 1 aliphatic heterocycles. The summed E-state index contributed by atoms with van der Waals surface area (Å²) in [6.45, 7) is 4.13. The van der Waals surface area contributed by atoms with Gasteiger partial charge in [0.2, 0.25) is 0 Å². The molecule has 0 saturated heterocycles. The van der Waals surface area contributed by atoms with E-state index in [0.29, 0.717) is 0 Å². The van der Waals surface area contributed by atoms with Crippen LogP contribution in [0.1, 0.15) is 19.4 Å². The third-order valence-electron chi connectivity index (χ3n) is 4.46. The molecule has 4 aromatic rings. The molecule has 0 bridgehead atoms. The molecule has 0 aliphatic carbocycles. The van der Waals surface area contributed by atoms with Crippen LogP contribution >= 0.6 is 0 Å². The number of aromatic nitrogens is 4. The number of hydrogen-bond acceptors (Lipinski definition) is 4. The van der Waals surface area contributed by atoms with E-state index in [9.17, 15) is 0 Å². The van der Waals surface area contributed by atoms with Crippen LogP contribution in [0.25, 0.3) is 27.6 Å². The first-order valence-corrected chi connectivity index (χ1v) is 7.54. The smallest absolute Gasteiger partial charge is 0.148 e. The van der Waals surface area contributed by atoms with Gasteiger partial charge in [-0.15, -0.1) is 0 Å². The van der Waals surface area contributed by atoms with Gasteiger partial charge < -0.3 is 9.30 Å². The Morgan fingerprint density at radius 1 is 1.00 bits per heavy atom. The van der Waals surface area contributed by atoms with Gasteiger partial charge in [0, 0.05) is 48.0 Å². The summed E-state index contributed by atoms with van der Waals surface area (Å²) in [6, 6.07) is 5.97. The fourth-order valence-electron chi connectivity index (χ4n) is 3.44. The number of pyridine rings is 3. The van der Waals surface area contributed by atoms with E-state index in [-0.39, 0.29) is 0 Å². The zero-order valence-electron chi connectivity index (χ0n) is 12.8. The van der Waals surface area contributed by atoms with Gasteiger partial charge in [0.25, 0.3) is 0 Å². The van der Waals surface area contributed by atoms with Gasteiger partial charge in [-0.25, -0.2) is 0 Å². The fraction of sp³-hybridized carbons (Fsp3) is 0.167. The van der Waals surface area contributed by atoms with Crippen LogP contribution in [0.3, 0.4) is 0 Å². The highest BCUT2D eigenvalue weighted by molar-refractivity contribution is 6.08. The van der Waals surface area contributed by atoms with Crippen molar-refractivity contribution in [3.63, 3.8) is 0 Å². The van der Waals surface area contributed by atoms with E-state index in [1.807, 2.05) is 43.0 Å². The zero-order chi connectivity index (χ0) is 15.6. The average Bonchev–Trinajstić information content (AvgIpc) is 2.85. The predicted octanol–water partition coefficient (Wildman–Crippen LogP) is 3.60. The maximum atomic E-state index is 6.35. The molecule has 0 atom stereocenters. The second kappa shape index (κ2) is 4.07. The highest BCUT2D eigenvalue weighted by Gasteiger charge is 2.33. The standard InChI is InChI=1S/C18H14N4O/c1-18(2)12-10-20-7-4-14(12)22-13-3-6-19-9-11(13)16-17(22)15(23-18)5-8-21-16/h3-10H,1-2H3. The van der Waals surface area contributed by atoms with Crippen LogP contribution in [0.2, 0.25) is 0 Å². The molecule has 112 valence electrons. The van der Waals surface area contributed by atoms with E-state index in [4.69, 9.17) is 4.74 Å². The summed E-state index contributed by atoms with van der Waals surface area (Å²) >= 11 is 0. The third kappa shape index (κ3) is 1.54. The molecule has 0 saturated carbocycles. The van der Waals surface area contributed by atoms with Gasteiger partial charge in [0.15, 0.2) is 0 Å².